The predicted octanol–water partition coefficient (Wildman–Crippen LogP) is 4.15. The van der Waals surface area contributed by atoms with Gasteiger partial charge in [-0.2, -0.15) is 0 Å². The van der Waals surface area contributed by atoms with Crippen LogP contribution in [-0.2, 0) is 9.09 Å². The predicted molar refractivity (Wildman–Crippen MR) is 113 cm³/mol. The summed E-state index contributed by atoms with van der Waals surface area (Å²) < 4.78 is 28.7. The van der Waals surface area contributed by atoms with Crippen molar-refractivity contribution in [2.45, 2.75) is 13.0 Å². The van der Waals surface area contributed by atoms with Gasteiger partial charge in [0.15, 0.2) is 0 Å². The van der Waals surface area contributed by atoms with E-state index in [9.17, 15) is 14.7 Å². The summed E-state index contributed by atoms with van der Waals surface area (Å²) in [6.07, 6.45) is 2.60. The maximum atomic E-state index is 13.3. The standard InChI is InChI=1S/C20H20N5O5P/c1-14(30-31(28,23-7-8-23)24-9-10-24)15-4-5-19(25(26)27)20(11-15)29-16-12-18-17(22-13-16)3-2-6-21-18/h2-6,11-14H,7-10H2,1H3. The molecule has 0 amide bonds. The maximum Gasteiger partial charge on any atom is 0.346 e. The average Bonchev–Trinajstić information content (AvgIpc) is 3.65. The normalized spacial score (nSPS) is 17.5. The fraction of sp³-hybridized carbons (Fsp3) is 0.300. The maximum absolute atomic E-state index is 13.3. The Balaban J connectivity index is 1.44. The molecule has 1 unspecified atom stereocenters. The number of pyridine rings is 2. The smallest absolute Gasteiger partial charge is 0.346 e. The molecule has 2 aliphatic rings. The van der Waals surface area contributed by atoms with E-state index in [-0.39, 0.29) is 11.4 Å². The molecule has 31 heavy (non-hydrogen) atoms. The molecule has 0 bridgehead atoms. The fourth-order valence-corrected chi connectivity index (χ4v) is 5.66. The largest absolute Gasteiger partial charge is 0.448 e. The van der Waals surface area contributed by atoms with Crippen molar-refractivity contribution in [1.82, 2.24) is 19.3 Å². The highest BCUT2D eigenvalue weighted by Crippen LogP contribution is 2.63. The lowest BCUT2D eigenvalue weighted by Gasteiger charge is -2.24. The van der Waals surface area contributed by atoms with Crippen molar-refractivity contribution >= 4 is 24.4 Å². The third kappa shape index (κ3) is 4.03. The number of hydrogen-bond acceptors (Lipinski definition) is 7. The van der Waals surface area contributed by atoms with Gasteiger partial charge in [0.2, 0.25) is 5.75 Å². The van der Waals surface area contributed by atoms with Crippen LogP contribution in [0.3, 0.4) is 0 Å². The molecular weight excluding hydrogens is 421 g/mol. The molecule has 4 heterocycles. The Hall–Kier alpha value is -2.91. The molecule has 11 heteroatoms. The second kappa shape index (κ2) is 7.65. The van der Waals surface area contributed by atoms with Gasteiger partial charge in [-0.1, -0.05) is 0 Å². The second-order valence-corrected chi connectivity index (χ2v) is 9.77. The Morgan fingerprint density at radius 2 is 1.84 bits per heavy atom. The summed E-state index contributed by atoms with van der Waals surface area (Å²) >= 11 is 0. The van der Waals surface area contributed by atoms with Crippen LogP contribution in [0.4, 0.5) is 5.69 Å². The lowest BCUT2D eigenvalue weighted by molar-refractivity contribution is -0.385. The highest BCUT2D eigenvalue weighted by Gasteiger charge is 2.50. The molecule has 2 saturated heterocycles. The molecule has 0 radical (unpaired) electrons. The minimum atomic E-state index is -3.03. The molecule has 2 aliphatic heterocycles. The van der Waals surface area contributed by atoms with Crippen LogP contribution < -0.4 is 4.74 Å². The van der Waals surface area contributed by atoms with Crippen LogP contribution in [0.15, 0.2) is 48.8 Å². The zero-order valence-electron chi connectivity index (χ0n) is 16.7. The van der Waals surface area contributed by atoms with Crippen LogP contribution >= 0.6 is 7.67 Å². The Morgan fingerprint density at radius 3 is 2.52 bits per heavy atom. The summed E-state index contributed by atoms with van der Waals surface area (Å²) in [5.74, 6) is 0.391. The number of nitro groups is 1. The van der Waals surface area contributed by atoms with Gasteiger partial charge in [0.25, 0.3) is 0 Å². The number of rotatable bonds is 8. The highest BCUT2D eigenvalue weighted by molar-refractivity contribution is 7.54. The lowest BCUT2D eigenvalue weighted by Crippen LogP contribution is -2.10. The molecule has 160 valence electrons. The first-order valence-corrected chi connectivity index (χ1v) is 11.4. The number of nitro benzene ring substituents is 1. The van der Waals surface area contributed by atoms with Crippen molar-refractivity contribution in [3.63, 3.8) is 0 Å². The van der Waals surface area contributed by atoms with Gasteiger partial charge in [-0.05, 0) is 36.8 Å². The van der Waals surface area contributed by atoms with E-state index in [2.05, 4.69) is 9.97 Å². The quantitative estimate of drug-likeness (QED) is 0.220. The van der Waals surface area contributed by atoms with E-state index in [1.807, 2.05) is 15.4 Å². The Bertz CT molecular complexity index is 1200. The zero-order chi connectivity index (χ0) is 21.6. The molecular formula is C20H20N5O5P. The van der Waals surface area contributed by atoms with Gasteiger partial charge < -0.3 is 4.74 Å². The zero-order valence-corrected chi connectivity index (χ0v) is 17.6. The second-order valence-electron chi connectivity index (χ2n) is 7.44. The minimum absolute atomic E-state index is 0.0586. The Kier molecular flexibility index (Phi) is 4.94. The first-order valence-electron chi connectivity index (χ1n) is 9.90. The van der Waals surface area contributed by atoms with E-state index < -0.39 is 18.7 Å². The van der Waals surface area contributed by atoms with Crippen molar-refractivity contribution in [3.05, 3.63) is 64.5 Å². The topological polar surface area (TPSA) is 110 Å². The van der Waals surface area contributed by atoms with Gasteiger partial charge in [-0.25, -0.2) is 9.34 Å². The summed E-state index contributed by atoms with van der Waals surface area (Å²) in [6.45, 7) is 4.78. The number of ether oxygens (including phenoxy) is 1. The molecule has 10 nitrogen and oxygen atoms in total. The molecule has 3 aromatic rings. The summed E-state index contributed by atoms with van der Waals surface area (Å²) in [6, 6.07) is 9.80. The Labute approximate surface area is 178 Å². The third-order valence-corrected chi connectivity index (χ3v) is 7.98. The van der Waals surface area contributed by atoms with Gasteiger partial charge >= 0.3 is 13.4 Å². The summed E-state index contributed by atoms with van der Waals surface area (Å²) in [5.41, 5.74) is 1.77. The van der Waals surface area contributed by atoms with Crippen LogP contribution in [0.25, 0.3) is 11.0 Å². The number of fused-ring (bicyclic) bond motifs is 1. The van der Waals surface area contributed by atoms with Gasteiger partial charge in [-0.3, -0.25) is 29.2 Å². The fourth-order valence-electron chi connectivity index (χ4n) is 3.31. The molecule has 5 rings (SSSR count). The molecule has 0 spiro atoms. The minimum Gasteiger partial charge on any atom is -0.448 e. The number of aromatic nitrogens is 2. The molecule has 0 saturated carbocycles. The van der Waals surface area contributed by atoms with E-state index in [0.717, 1.165) is 26.2 Å². The highest BCUT2D eigenvalue weighted by atomic mass is 31.2. The SMILES string of the molecule is CC(OP(=O)(N1CC1)N1CC1)c1ccc([N+](=O)[O-])c(Oc2cnc3cccnc3c2)c1. The lowest BCUT2D eigenvalue weighted by atomic mass is 10.1. The van der Waals surface area contributed by atoms with Crippen LogP contribution in [0, 0.1) is 10.1 Å². The van der Waals surface area contributed by atoms with Crippen molar-refractivity contribution in [3.8, 4) is 11.5 Å². The first kappa shape index (κ1) is 20.0. The van der Waals surface area contributed by atoms with Gasteiger partial charge in [-0.15, -0.1) is 0 Å². The van der Waals surface area contributed by atoms with E-state index in [1.165, 1.54) is 12.3 Å². The number of benzene rings is 1. The van der Waals surface area contributed by atoms with Crippen LogP contribution in [0.5, 0.6) is 11.5 Å². The van der Waals surface area contributed by atoms with Gasteiger partial charge in [0, 0.05) is 44.5 Å². The molecule has 1 atom stereocenters. The van der Waals surface area contributed by atoms with E-state index in [1.54, 1.807) is 37.4 Å². The molecule has 2 aromatic heterocycles. The van der Waals surface area contributed by atoms with E-state index in [4.69, 9.17) is 9.26 Å². The number of nitrogens with zero attached hydrogens (tertiary/aromatic N) is 5. The van der Waals surface area contributed by atoms with Gasteiger partial charge in [0.1, 0.15) is 5.75 Å². The summed E-state index contributed by atoms with van der Waals surface area (Å²) in [7, 11) is -3.03. The first-order chi connectivity index (χ1) is 14.9. The molecule has 0 aliphatic carbocycles. The molecule has 1 aromatic carbocycles. The monoisotopic (exact) mass is 441 g/mol. The molecule has 0 N–H and O–H groups in total. The van der Waals surface area contributed by atoms with Crippen molar-refractivity contribution < 1.29 is 18.7 Å². The summed E-state index contributed by atoms with van der Waals surface area (Å²) in [4.78, 5) is 19.5. The molecule has 2 fully saturated rings. The van der Waals surface area contributed by atoms with Crippen LogP contribution in [0.1, 0.15) is 18.6 Å². The van der Waals surface area contributed by atoms with Crippen molar-refractivity contribution in [2.24, 2.45) is 0 Å². The average molecular weight is 441 g/mol. The van der Waals surface area contributed by atoms with Gasteiger partial charge in [0.05, 0.1) is 28.3 Å². The van der Waals surface area contributed by atoms with E-state index in [0.29, 0.717) is 22.3 Å². The van der Waals surface area contributed by atoms with Crippen molar-refractivity contribution in [2.75, 3.05) is 26.2 Å². The third-order valence-electron chi connectivity index (χ3n) is 5.16. The Morgan fingerprint density at radius 1 is 1.10 bits per heavy atom. The van der Waals surface area contributed by atoms with E-state index >= 15 is 0 Å². The van der Waals surface area contributed by atoms with Crippen LogP contribution in [0.2, 0.25) is 0 Å². The van der Waals surface area contributed by atoms with Crippen molar-refractivity contribution in [1.29, 1.82) is 0 Å². The van der Waals surface area contributed by atoms with Crippen LogP contribution in [-0.4, -0.2) is 50.4 Å². The number of hydrogen-bond donors (Lipinski definition) is 0. The summed E-state index contributed by atoms with van der Waals surface area (Å²) in [5, 5.41) is 11.5.